The van der Waals surface area contributed by atoms with Crippen LogP contribution in [0.5, 0.6) is 0 Å². The molecule has 0 amide bonds. The Bertz CT molecular complexity index is 2740. The maximum Gasteiger partial charge on any atom is 0.137 e. The zero-order valence-corrected chi connectivity index (χ0v) is 23.5. The highest BCUT2D eigenvalue weighted by Crippen LogP contribution is 2.42. The van der Waals surface area contributed by atoms with Crippen molar-refractivity contribution in [3.63, 3.8) is 0 Å². The third kappa shape index (κ3) is 3.39. The van der Waals surface area contributed by atoms with E-state index >= 15 is 0 Å². The average Bonchev–Trinajstić information content (AvgIpc) is 3.74. The molecule has 0 bridgehead atoms. The quantitative estimate of drug-likeness (QED) is 0.214. The molecule has 0 saturated heterocycles. The molecule has 0 unspecified atom stereocenters. The molecular weight excluding hydrogens is 542 g/mol. The van der Waals surface area contributed by atoms with Gasteiger partial charge in [-0.2, -0.15) is 0 Å². The van der Waals surface area contributed by atoms with E-state index in [1.807, 2.05) is 36.4 Å². The third-order valence-electron chi connectivity index (χ3n) is 8.82. The Morgan fingerprint density at radius 1 is 0.295 bits per heavy atom. The third-order valence-corrected chi connectivity index (χ3v) is 8.82. The van der Waals surface area contributed by atoms with Crippen molar-refractivity contribution >= 4 is 93.7 Å². The van der Waals surface area contributed by atoms with Crippen LogP contribution in [0.4, 0.5) is 17.1 Å². The number of furan rings is 3. The average molecular weight is 566 g/mol. The molecule has 0 aliphatic rings. The maximum atomic E-state index is 6.32. The SMILES string of the molecule is c1ccc2c(c1)oc1cc(N(c3ccc4cc5c(cc4c3)oc3ccccc35)c3ccc4oc5ccccc5c4c3)ccc12. The second-order valence-corrected chi connectivity index (χ2v) is 11.4. The Morgan fingerprint density at radius 3 is 1.50 bits per heavy atom. The predicted molar refractivity (Wildman–Crippen MR) is 180 cm³/mol. The summed E-state index contributed by atoms with van der Waals surface area (Å²) >= 11 is 0. The molecule has 7 aromatic carbocycles. The van der Waals surface area contributed by atoms with Gasteiger partial charge in [0.15, 0.2) is 0 Å². The van der Waals surface area contributed by atoms with E-state index in [2.05, 4.69) is 108 Å². The molecule has 44 heavy (non-hydrogen) atoms. The zero-order valence-electron chi connectivity index (χ0n) is 23.5. The van der Waals surface area contributed by atoms with Crippen LogP contribution in [0.25, 0.3) is 76.6 Å². The van der Waals surface area contributed by atoms with Gasteiger partial charge >= 0.3 is 0 Å². The van der Waals surface area contributed by atoms with E-state index < -0.39 is 0 Å². The minimum atomic E-state index is 0.855. The zero-order chi connectivity index (χ0) is 28.8. The molecular formula is C40H23NO3. The van der Waals surface area contributed by atoms with Crippen LogP contribution in [0, 0.1) is 0 Å². The van der Waals surface area contributed by atoms with E-state index in [4.69, 9.17) is 13.3 Å². The number of anilines is 3. The van der Waals surface area contributed by atoms with Gasteiger partial charge in [0.05, 0.1) is 0 Å². The van der Waals surface area contributed by atoms with Crippen molar-refractivity contribution in [2.75, 3.05) is 4.90 Å². The number of nitrogens with zero attached hydrogens (tertiary/aromatic N) is 1. The molecule has 4 nitrogen and oxygen atoms in total. The molecule has 0 spiro atoms. The summed E-state index contributed by atoms with van der Waals surface area (Å²) in [5.74, 6) is 0. The van der Waals surface area contributed by atoms with Crippen molar-refractivity contribution in [2.24, 2.45) is 0 Å². The van der Waals surface area contributed by atoms with E-state index in [0.717, 1.165) is 93.7 Å². The molecule has 10 aromatic rings. The van der Waals surface area contributed by atoms with Gasteiger partial charge in [-0.25, -0.2) is 0 Å². The molecule has 0 atom stereocenters. The van der Waals surface area contributed by atoms with Gasteiger partial charge in [-0.05, 0) is 83.6 Å². The standard InChI is InChI=1S/C40H23NO3/c1-4-10-35-29(7-1)32-17-15-28(23-40(32)44-35)41(27-16-18-38-34(22-27)31-9-3-5-11-36(31)42-38)26-14-13-24-20-33-30-8-2-6-12-37(30)43-39(33)21-25(24)19-26/h1-23H. The number of benzene rings is 7. The molecule has 0 radical (unpaired) electrons. The van der Waals surface area contributed by atoms with Gasteiger partial charge < -0.3 is 18.2 Å². The first-order chi connectivity index (χ1) is 21.8. The summed E-state index contributed by atoms with van der Waals surface area (Å²) in [7, 11) is 0. The lowest BCUT2D eigenvalue weighted by Crippen LogP contribution is -2.09. The molecule has 3 heterocycles. The normalized spacial score (nSPS) is 12.1. The van der Waals surface area contributed by atoms with Gasteiger partial charge in [-0.3, -0.25) is 0 Å². The van der Waals surface area contributed by atoms with Crippen molar-refractivity contribution in [2.45, 2.75) is 0 Å². The number of para-hydroxylation sites is 3. The van der Waals surface area contributed by atoms with E-state index in [9.17, 15) is 0 Å². The lowest BCUT2D eigenvalue weighted by molar-refractivity contribution is 0.668. The van der Waals surface area contributed by atoms with Crippen molar-refractivity contribution in [1.82, 2.24) is 0 Å². The summed E-state index contributed by atoms with van der Waals surface area (Å²) in [5.41, 5.74) is 8.36. The Labute approximate surface area is 250 Å². The Balaban J connectivity index is 1.21. The lowest BCUT2D eigenvalue weighted by atomic mass is 10.0. The second kappa shape index (κ2) is 8.76. The van der Waals surface area contributed by atoms with E-state index in [0.29, 0.717) is 0 Å². The number of fused-ring (bicyclic) bond motifs is 10. The first-order valence-corrected chi connectivity index (χ1v) is 14.7. The lowest BCUT2D eigenvalue weighted by Gasteiger charge is -2.26. The summed E-state index contributed by atoms with van der Waals surface area (Å²) < 4.78 is 18.7. The van der Waals surface area contributed by atoms with E-state index in [1.165, 1.54) is 0 Å². The Morgan fingerprint density at radius 2 is 0.773 bits per heavy atom. The molecule has 0 fully saturated rings. The number of rotatable bonds is 3. The minimum Gasteiger partial charge on any atom is -0.456 e. The molecule has 0 aliphatic carbocycles. The minimum absolute atomic E-state index is 0.855. The Hall–Kier alpha value is -6.00. The van der Waals surface area contributed by atoms with Crippen molar-refractivity contribution in [3.8, 4) is 0 Å². The van der Waals surface area contributed by atoms with Crippen LogP contribution in [0.3, 0.4) is 0 Å². The number of hydrogen-bond donors (Lipinski definition) is 0. The van der Waals surface area contributed by atoms with Gasteiger partial charge in [-0.1, -0.05) is 60.7 Å². The molecule has 0 aliphatic heterocycles. The van der Waals surface area contributed by atoms with Crippen LogP contribution in [0.15, 0.2) is 153 Å². The maximum absolute atomic E-state index is 6.32. The van der Waals surface area contributed by atoms with Crippen LogP contribution in [0.2, 0.25) is 0 Å². The fourth-order valence-corrected chi connectivity index (χ4v) is 6.75. The van der Waals surface area contributed by atoms with Crippen molar-refractivity contribution in [1.29, 1.82) is 0 Å². The fourth-order valence-electron chi connectivity index (χ4n) is 6.75. The first kappa shape index (κ1) is 23.6. The van der Waals surface area contributed by atoms with Crippen LogP contribution in [0.1, 0.15) is 0 Å². The van der Waals surface area contributed by atoms with Gasteiger partial charge in [0.2, 0.25) is 0 Å². The topological polar surface area (TPSA) is 42.7 Å². The molecule has 206 valence electrons. The van der Waals surface area contributed by atoms with Crippen LogP contribution >= 0.6 is 0 Å². The summed E-state index contributed by atoms with van der Waals surface area (Å²) in [5, 5.41) is 8.94. The van der Waals surface area contributed by atoms with E-state index in [1.54, 1.807) is 0 Å². The number of hydrogen-bond acceptors (Lipinski definition) is 4. The molecule has 4 heteroatoms. The monoisotopic (exact) mass is 565 g/mol. The van der Waals surface area contributed by atoms with Gasteiger partial charge in [0.1, 0.15) is 33.5 Å². The van der Waals surface area contributed by atoms with Crippen molar-refractivity contribution < 1.29 is 13.3 Å². The summed E-state index contributed by atoms with van der Waals surface area (Å²) in [6.07, 6.45) is 0. The fraction of sp³-hybridized carbons (Fsp3) is 0. The van der Waals surface area contributed by atoms with Crippen LogP contribution in [-0.4, -0.2) is 0 Å². The van der Waals surface area contributed by atoms with Crippen LogP contribution in [-0.2, 0) is 0 Å². The summed E-state index contributed by atoms with van der Waals surface area (Å²) in [6.45, 7) is 0. The smallest absolute Gasteiger partial charge is 0.137 e. The van der Waals surface area contributed by atoms with Gasteiger partial charge in [0.25, 0.3) is 0 Å². The van der Waals surface area contributed by atoms with Crippen molar-refractivity contribution in [3.05, 3.63) is 140 Å². The highest BCUT2D eigenvalue weighted by atomic mass is 16.3. The summed E-state index contributed by atoms with van der Waals surface area (Å²) in [6, 6.07) is 48.5. The molecule has 0 N–H and O–H groups in total. The molecule has 0 saturated carbocycles. The summed E-state index contributed by atoms with van der Waals surface area (Å²) in [4.78, 5) is 2.29. The van der Waals surface area contributed by atoms with Gasteiger partial charge in [-0.15, -0.1) is 0 Å². The van der Waals surface area contributed by atoms with Gasteiger partial charge in [0, 0.05) is 55.4 Å². The predicted octanol–water partition coefficient (Wildman–Crippen LogP) is 12.0. The Kier molecular flexibility index (Phi) is 4.69. The highest BCUT2D eigenvalue weighted by Gasteiger charge is 2.18. The van der Waals surface area contributed by atoms with Crippen LogP contribution < -0.4 is 4.90 Å². The molecule has 10 rings (SSSR count). The largest absolute Gasteiger partial charge is 0.456 e. The molecule has 3 aromatic heterocycles. The van der Waals surface area contributed by atoms with E-state index in [-0.39, 0.29) is 0 Å². The second-order valence-electron chi connectivity index (χ2n) is 11.4. The highest BCUT2D eigenvalue weighted by molar-refractivity contribution is 6.11. The first-order valence-electron chi connectivity index (χ1n) is 14.7.